The van der Waals surface area contributed by atoms with E-state index in [-0.39, 0.29) is 36.8 Å². The van der Waals surface area contributed by atoms with E-state index < -0.39 is 11.2 Å². The summed E-state index contributed by atoms with van der Waals surface area (Å²) in [5.41, 5.74) is 6.32. The number of benzene rings is 1. The molecule has 0 spiro atoms. The zero-order valence-electron chi connectivity index (χ0n) is 17.1. The zero-order valence-corrected chi connectivity index (χ0v) is 18.0. The number of hydrogen-bond acceptors (Lipinski definition) is 8. The summed E-state index contributed by atoms with van der Waals surface area (Å²) >= 11 is 1.51. The molecule has 3 N–H and O–H groups in total. The van der Waals surface area contributed by atoms with Gasteiger partial charge in [0, 0.05) is 30.8 Å². The fourth-order valence-corrected chi connectivity index (χ4v) is 3.82. The Kier molecular flexibility index (Phi) is 5.99. The van der Waals surface area contributed by atoms with Gasteiger partial charge in [-0.25, -0.2) is 4.79 Å². The van der Waals surface area contributed by atoms with E-state index in [9.17, 15) is 14.4 Å². The number of carbonyl (C=O) groups excluding carboxylic acids is 1. The van der Waals surface area contributed by atoms with Crippen molar-refractivity contribution < 1.29 is 9.21 Å². The average molecular weight is 452 g/mol. The number of carbonyl (C=O) groups is 1. The molecule has 0 radical (unpaired) electrons. The summed E-state index contributed by atoms with van der Waals surface area (Å²) in [5, 5.41) is 11.7. The summed E-state index contributed by atoms with van der Waals surface area (Å²) in [6.07, 6.45) is 0.209. The average Bonchev–Trinajstić information content (AvgIpc) is 3.47. The van der Waals surface area contributed by atoms with Gasteiger partial charge >= 0.3 is 5.69 Å². The topological polar surface area (TPSA) is 140 Å². The van der Waals surface area contributed by atoms with E-state index >= 15 is 0 Å². The molecule has 0 aliphatic rings. The lowest BCUT2D eigenvalue weighted by Gasteiger charge is -2.20. The second kappa shape index (κ2) is 9.02. The van der Waals surface area contributed by atoms with E-state index in [1.807, 2.05) is 47.2 Å². The van der Waals surface area contributed by atoms with Gasteiger partial charge in [0.1, 0.15) is 5.82 Å². The molecule has 0 bridgehead atoms. The van der Waals surface area contributed by atoms with Gasteiger partial charge in [0.2, 0.25) is 17.7 Å². The largest absolute Gasteiger partial charge is 0.421 e. The fourth-order valence-electron chi connectivity index (χ4n) is 3.19. The van der Waals surface area contributed by atoms with Crippen LogP contribution in [0.3, 0.4) is 0 Å². The summed E-state index contributed by atoms with van der Waals surface area (Å²) in [5.74, 6) is 0.220. The number of aromatic amines is 1. The molecule has 11 heteroatoms. The van der Waals surface area contributed by atoms with Gasteiger partial charge in [-0.15, -0.1) is 10.2 Å². The van der Waals surface area contributed by atoms with Crippen LogP contribution in [0.2, 0.25) is 0 Å². The zero-order chi connectivity index (χ0) is 22.7. The number of aromatic nitrogens is 4. The van der Waals surface area contributed by atoms with E-state index in [0.29, 0.717) is 11.8 Å². The molecule has 0 aliphatic heterocycles. The van der Waals surface area contributed by atoms with Crippen molar-refractivity contribution >= 4 is 28.7 Å². The van der Waals surface area contributed by atoms with E-state index in [1.165, 1.54) is 23.0 Å². The number of rotatable bonds is 7. The van der Waals surface area contributed by atoms with Crippen LogP contribution in [-0.4, -0.2) is 32.7 Å². The number of nitrogen functional groups attached to an aromatic ring is 1. The third kappa shape index (κ3) is 4.37. The summed E-state index contributed by atoms with van der Waals surface area (Å²) < 4.78 is 6.81. The monoisotopic (exact) mass is 452 g/mol. The van der Waals surface area contributed by atoms with Crippen LogP contribution in [0.1, 0.15) is 17.9 Å². The first-order valence-electron chi connectivity index (χ1n) is 9.72. The summed E-state index contributed by atoms with van der Waals surface area (Å²) in [6, 6.07) is 11.0. The van der Waals surface area contributed by atoms with Gasteiger partial charge in [0.25, 0.3) is 5.56 Å². The number of amides is 1. The molecule has 4 rings (SSSR count). The van der Waals surface area contributed by atoms with E-state index in [1.54, 1.807) is 0 Å². The number of nitrogens with zero attached hydrogens (tertiary/aromatic N) is 4. The van der Waals surface area contributed by atoms with Crippen molar-refractivity contribution in [2.45, 2.75) is 19.4 Å². The quantitative estimate of drug-likeness (QED) is 0.436. The highest BCUT2D eigenvalue weighted by atomic mass is 32.1. The van der Waals surface area contributed by atoms with Crippen molar-refractivity contribution in [1.82, 2.24) is 19.7 Å². The lowest BCUT2D eigenvalue weighted by atomic mass is 10.2. The van der Waals surface area contributed by atoms with Crippen molar-refractivity contribution in [2.24, 2.45) is 0 Å². The van der Waals surface area contributed by atoms with E-state index in [4.69, 9.17) is 10.2 Å². The predicted molar refractivity (Wildman–Crippen MR) is 121 cm³/mol. The van der Waals surface area contributed by atoms with Crippen molar-refractivity contribution in [1.29, 1.82) is 0 Å². The molecule has 10 nitrogen and oxygen atoms in total. The summed E-state index contributed by atoms with van der Waals surface area (Å²) in [7, 11) is 1.44. The first kappa shape index (κ1) is 21.2. The molecule has 1 amide bonds. The highest BCUT2D eigenvalue weighted by Gasteiger charge is 2.22. The Morgan fingerprint density at radius 1 is 1.22 bits per heavy atom. The van der Waals surface area contributed by atoms with Gasteiger partial charge < -0.3 is 15.1 Å². The van der Waals surface area contributed by atoms with Crippen LogP contribution in [0.4, 0.5) is 11.5 Å². The molecule has 1 aromatic carbocycles. The standard InChI is InChI=1S/C21H20N6O4S/c1-26(16(28)8-7-15-24-25-20(31-15)14-9-10-32-12-14)17-18(22)27(21(30)23-19(17)29)11-13-5-3-2-4-6-13/h2-6,9-10,12H,7-8,11,22H2,1H3,(H,23,29,30). The van der Waals surface area contributed by atoms with Crippen LogP contribution in [0.15, 0.2) is 61.2 Å². The van der Waals surface area contributed by atoms with Crippen molar-refractivity contribution in [3.63, 3.8) is 0 Å². The van der Waals surface area contributed by atoms with Crippen molar-refractivity contribution in [3.05, 3.63) is 79.5 Å². The number of hydrogen-bond donors (Lipinski definition) is 2. The Labute approximate surface area is 186 Å². The summed E-state index contributed by atoms with van der Waals surface area (Å²) in [4.78, 5) is 40.9. The Balaban J connectivity index is 1.51. The highest BCUT2D eigenvalue weighted by Crippen LogP contribution is 2.21. The van der Waals surface area contributed by atoms with E-state index in [2.05, 4.69) is 15.2 Å². The summed E-state index contributed by atoms with van der Waals surface area (Å²) in [6.45, 7) is 0.157. The lowest BCUT2D eigenvalue weighted by molar-refractivity contribution is -0.118. The molecule has 0 saturated carbocycles. The molecular formula is C21H20N6O4S. The Morgan fingerprint density at radius 3 is 2.72 bits per heavy atom. The van der Waals surface area contributed by atoms with Gasteiger partial charge in [-0.3, -0.25) is 19.1 Å². The van der Waals surface area contributed by atoms with Crippen LogP contribution in [-0.2, 0) is 17.8 Å². The van der Waals surface area contributed by atoms with Gasteiger partial charge in [0.05, 0.1) is 6.54 Å². The molecule has 3 heterocycles. The maximum Gasteiger partial charge on any atom is 0.330 e. The molecule has 0 fully saturated rings. The number of nitrogens with one attached hydrogen (secondary N) is 1. The Morgan fingerprint density at radius 2 is 2.00 bits per heavy atom. The molecule has 0 saturated heterocycles. The lowest BCUT2D eigenvalue weighted by Crippen LogP contribution is -2.39. The molecule has 0 atom stereocenters. The molecular weight excluding hydrogens is 432 g/mol. The van der Waals surface area contributed by atoms with Crippen LogP contribution >= 0.6 is 11.3 Å². The maximum atomic E-state index is 12.8. The maximum absolute atomic E-state index is 12.8. The smallest absolute Gasteiger partial charge is 0.330 e. The van der Waals surface area contributed by atoms with Crippen LogP contribution in [0, 0.1) is 0 Å². The minimum atomic E-state index is -0.731. The number of anilines is 2. The van der Waals surface area contributed by atoms with Crippen LogP contribution < -0.4 is 21.9 Å². The number of thiophene rings is 1. The predicted octanol–water partition coefficient (Wildman–Crippen LogP) is 1.87. The highest BCUT2D eigenvalue weighted by molar-refractivity contribution is 7.08. The van der Waals surface area contributed by atoms with E-state index in [0.717, 1.165) is 16.0 Å². The van der Waals surface area contributed by atoms with Gasteiger partial charge in [-0.1, -0.05) is 30.3 Å². The molecule has 0 unspecified atom stereocenters. The molecule has 0 aliphatic carbocycles. The van der Waals surface area contributed by atoms with Crippen molar-refractivity contribution in [3.8, 4) is 11.5 Å². The second-order valence-electron chi connectivity index (χ2n) is 7.03. The van der Waals surface area contributed by atoms with Gasteiger partial charge in [-0.2, -0.15) is 11.3 Å². The van der Waals surface area contributed by atoms with Gasteiger partial charge in [-0.05, 0) is 17.0 Å². The SMILES string of the molecule is CN(C(=O)CCc1nnc(-c2ccsc2)o1)c1c(N)n(Cc2ccccc2)c(=O)[nH]c1=O. The molecule has 3 aromatic heterocycles. The number of H-pyrrole nitrogens is 1. The van der Waals surface area contributed by atoms with Crippen LogP contribution in [0.25, 0.3) is 11.5 Å². The Hall–Kier alpha value is -3.99. The third-order valence-corrected chi connectivity index (χ3v) is 5.58. The van der Waals surface area contributed by atoms with Crippen molar-refractivity contribution in [2.75, 3.05) is 17.7 Å². The minimum absolute atomic E-state index is 0.0124. The normalized spacial score (nSPS) is 10.9. The molecule has 4 aromatic rings. The first-order valence-corrected chi connectivity index (χ1v) is 10.7. The fraction of sp³-hybridized carbons (Fsp3) is 0.190. The number of aryl methyl sites for hydroxylation is 1. The minimum Gasteiger partial charge on any atom is -0.421 e. The third-order valence-electron chi connectivity index (χ3n) is 4.89. The van der Waals surface area contributed by atoms with Crippen LogP contribution in [0.5, 0.6) is 0 Å². The number of nitrogens with two attached hydrogens (primary N) is 1. The molecule has 164 valence electrons. The molecule has 32 heavy (non-hydrogen) atoms. The first-order chi connectivity index (χ1) is 15.4. The van der Waals surface area contributed by atoms with Gasteiger partial charge in [0.15, 0.2) is 5.69 Å². The second-order valence-corrected chi connectivity index (χ2v) is 7.81. The Bertz CT molecular complexity index is 1340.